The van der Waals surface area contributed by atoms with Crippen LogP contribution in [-0.2, 0) is 4.74 Å². The van der Waals surface area contributed by atoms with Crippen molar-refractivity contribution in [3.05, 3.63) is 6.10 Å². The molecule has 0 amide bonds. The molecule has 1 aliphatic rings. The van der Waals surface area contributed by atoms with Crippen molar-refractivity contribution in [2.75, 3.05) is 0 Å². The molecule has 65 valence electrons. The smallest absolute Gasteiger partial charge is 0.0978 e. The van der Waals surface area contributed by atoms with E-state index in [0.29, 0.717) is 0 Å². The van der Waals surface area contributed by atoms with E-state index in [-0.39, 0.29) is 5.60 Å². The van der Waals surface area contributed by atoms with Crippen LogP contribution in [0.4, 0.5) is 0 Å². The molecule has 0 aromatic carbocycles. The van der Waals surface area contributed by atoms with Crippen LogP contribution in [0.5, 0.6) is 0 Å². The maximum Gasteiger partial charge on any atom is 0.0978 e. The van der Waals surface area contributed by atoms with Crippen LogP contribution < -0.4 is 0 Å². The Bertz CT molecular complexity index is 107. The Labute approximate surface area is 70.1 Å². The van der Waals surface area contributed by atoms with E-state index in [4.69, 9.17) is 4.74 Å². The summed E-state index contributed by atoms with van der Waals surface area (Å²) >= 11 is 0. The molecule has 0 heterocycles. The second kappa shape index (κ2) is 3.57. The second-order valence-electron chi connectivity index (χ2n) is 4.31. The predicted octanol–water partition coefficient (Wildman–Crippen LogP) is 3.30. The zero-order chi connectivity index (χ0) is 8.32. The van der Waals surface area contributed by atoms with Crippen molar-refractivity contribution >= 4 is 0 Å². The van der Waals surface area contributed by atoms with E-state index in [9.17, 15) is 0 Å². The lowest BCUT2D eigenvalue weighted by Crippen LogP contribution is -2.23. The normalized spacial score (nSPS) is 22.1. The van der Waals surface area contributed by atoms with Crippen molar-refractivity contribution in [1.29, 1.82) is 0 Å². The van der Waals surface area contributed by atoms with Crippen LogP contribution in [0.3, 0.4) is 0 Å². The van der Waals surface area contributed by atoms with Crippen molar-refractivity contribution in [3.8, 4) is 0 Å². The van der Waals surface area contributed by atoms with Gasteiger partial charge in [0.25, 0.3) is 0 Å². The maximum atomic E-state index is 5.80. The third-order valence-electron chi connectivity index (χ3n) is 1.86. The molecule has 0 N–H and O–H groups in total. The van der Waals surface area contributed by atoms with E-state index >= 15 is 0 Å². The molecule has 1 nitrogen and oxygen atoms in total. The summed E-state index contributed by atoms with van der Waals surface area (Å²) in [6.45, 7) is 6.36. The molecule has 1 saturated carbocycles. The SMILES string of the molecule is CC(C)(C)O[C]1CCCCC1. The third-order valence-corrected chi connectivity index (χ3v) is 1.86. The van der Waals surface area contributed by atoms with E-state index < -0.39 is 0 Å². The molecule has 0 aliphatic heterocycles. The lowest BCUT2D eigenvalue weighted by atomic mass is 9.97. The van der Waals surface area contributed by atoms with E-state index in [0.717, 1.165) is 0 Å². The highest BCUT2D eigenvalue weighted by Gasteiger charge is 2.21. The molecule has 0 aromatic rings. The van der Waals surface area contributed by atoms with Crippen LogP contribution in [-0.4, -0.2) is 5.60 Å². The lowest BCUT2D eigenvalue weighted by molar-refractivity contribution is -0.00980. The summed E-state index contributed by atoms with van der Waals surface area (Å²) in [6, 6.07) is 0. The highest BCUT2D eigenvalue weighted by atomic mass is 16.5. The van der Waals surface area contributed by atoms with Gasteiger partial charge < -0.3 is 4.74 Å². The van der Waals surface area contributed by atoms with Gasteiger partial charge in [-0.2, -0.15) is 0 Å². The highest BCUT2D eigenvalue weighted by molar-refractivity contribution is 4.85. The molecule has 11 heavy (non-hydrogen) atoms. The summed E-state index contributed by atoms with van der Waals surface area (Å²) < 4.78 is 5.80. The van der Waals surface area contributed by atoms with Gasteiger partial charge in [-0.3, -0.25) is 0 Å². The van der Waals surface area contributed by atoms with Crippen LogP contribution >= 0.6 is 0 Å². The Morgan fingerprint density at radius 2 is 1.55 bits per heavy atom. The number of hydrogen-bond donors (Lipinski definition) is 0. The highest BCUT2D eigenvalue weighted by Crippen LogP contribution is 2.30. The summed E-state index contributed by atoms with van der Waals surface area (Å²) in [7, 11) is 0. The van der Waals surface area contributed by atoms with Crippen molar-refractivity contribution in [1.82, 2.24) is 0 Å². The largest absolute Gasteiger partial charge is 0.366 e. The van der Waals surface area contributed by atoms with Crippen LogP contribution in [0.15, 0.2) is 0 Å². The first-order valence-corrected chi connectivity index (χ1v) is 4.62. The Balaban J connectivity index is 2.24. The molecule has 0 atom stereocenters. The minimum absolute atomic E-state index is 0.0205. The monoisotopic (exact) mass is 155 g/mol. The van der Waals surface area contributed by atoms with Gasteiger partial charge in [-0.25, -0.2) is 0 Å². The summed E-state index contributed by atoms with van der Waals surface area (Å²) in [5.74, 6) is 0. The maximum absolute atomic E-state index is 5.80. The molecule has 0 bridgehead atoms. The third kappa shape index (κ3) is 3.76. The first kappa shape index (κ1) is 9.05. The van der Waals surface area contributed by atoms with Gasteiger partial charge >= 0.3 is 0 Å². The van der Waals surface area contributed by atoms with Crippen molar-refractivity contribution < 1.29 is 4.74 Å². The Kier molecular flexibility index (Phi) is 2.94. The first-order valence-electron chi connectivity index (χ1n) is 4.62. The summed E-state index contributed by atoms with van der Waals surface area (Å²) in [5, 5.41) is 0. The zero-order valence-corrected chi connectivity index (χ0v) is 7.94. The van der Waals surface area contributed by atoms with Crippen molar-refractivity contribution in [2.24, 2.45) is 0 Å². The van der Waals surface area contributed by atoms with Gasteiger partial charge in [0.15, 0.2) is 0 Å². The van der Waals surface area contributed by atoms with E-state index in [1.54, 1.807) is 0 Å². The fourth-order valence-electron chi connectivity index (χ4n) is 1.48. The quantitative estimate of drug-likeness (QED) is 0.564. The van der Waals surface area contributed by atoms with Crippen LogP contribution in [0.25, 0.3) is 0 Å². The molecule has 1 radical (unpaired) electrons. The van der Waals surface area contributed by atoms with E-state index in [1.165, 1.54) is 38.2 Å². The molecule has 1 heteroatoms. The lowest BCUT2D eigenvalue weighted by Gasteiger charge is -2.29. The topological polar surface area (TPSA) is 9.23 Å². The minimum Gasteiger partial charge on any atom is -0.366 e. The van der Waals surface area contributed by atoms with Gasteiger partial charge in [-0.05, 0) is 33.6 Å². The van der Waals surface area contributed by atoms with E-state index in [1.807, 2.05) is 0 Å². The minimum atomic E-state index is 0.0205. The van der Waals surface area contributed by atoms with Gasteiger partial charge in [-0.1, -0.05) is 19.3 Å². The van der Waals surface area contributed by atoms with Crippen LogP contribution in [0.1, 0.15) is 52.9 Å². The summed E-state index contributed by atoms with van der Waals surface area (Å²) in [5.41, 5.74) is 0.0205. The average molecular weight is 155 g/mol. The molecular weight excluding hydrogens is 136 g/mol. The van der Waals surface area contributed by atoms with Gasteiger partial charge in [0.1, 0.15) is 0 Å². The Hall–Kier alpha value is -0.0400. The molecule has 1 rings (SSSR count). The van der Waals surface area contributed by atoms with Crippen LogP contribution in [0, 0.1) is 6.10 Å². The number of hydrogen-bond acceptors (Lipinski definition) is 1. The molecular formula is C10H19O. The van der Waals surface area contributed by atoms with Gasteiger partial charge in [0.2, 0.25) is 0 Å². The fourth-order valence-corrected chi connectivity index (χ4v) is 1.48. The Morgan fingerprint density at radius 1 is 1.00 bits per heavy atom. The number of rotatable bonds is 1. The van der Waals surface area contributed by atoms with Gasteiger partial charge in [-0.15, -0.1) is 0 Å². The van der Waals surface area contributed by atoms with Gasteiger partial charge in [0, 0.05) is 0 Å². The molecule has 0 aromatic heterocycles. The zero-order valence-electron chi connectivity index (χ0n) is 7.94. The number of ether oxygens (including phenoxy) is 1. The fraction of sp³-hybridized carbons (Fsp3) is 0.900. The first-order chi connectivity index (χ1) is 5.08. The van der Waals surface area contributed by atoms with E-state index in [2.05, 4.69) is 20.8 Å². The van der Waals surface area contributed by atoms with Crippen LogP contribution in [0.2, 0.25) is 0 Å². The van der Waals surface area contributed by atoms with Crippen molar-refractivity contribution in [2.45, 2.75) is 58.5 Å². The Morgan fingerprint density at radius 3 is 2.00 bits per heavy atom. The summed E-state index contributed by atoms with van der Waals surface area (Å²) in [4.78, 5) is 0. The van der Waals surface area contributed by atoms with Crippen molar-refractivity contribution in [3.63, 3.8) is 0 Å². The standard InChI is InChI=1S/C10H19O/c1-10(2,3)11-9-7-5-4-6-8-9/h4-8H2,1-3H3. The second-order valence-corrected chi connectivity index (χ2v) is 4.31. The molecule has 0 unspecified atom stereocenters. The summed E-state index contributed by atoms with van der Waals surface area (Å²) in [6.07, 6.45) is 7.74. The molecule has 1 aliphatic carbocycles. The molecule has 0 saturated heterocycles. The molecule has 1 fully saturated rings. The average Bonchev–Trinajstić information content (AvgIpc) is 1.85. The molecule has 0 spiro atoms. The van der Waals surface area contributed by atoms with Gasteiger partial charge in [0.05, 0.1) is 11.7 Å². The predicted molar refractivity (Wildman–Crippen MR) is 47.2 cm³/mol.